The molecule has 0 aliphatic rings. The maximum absolute atomic E-state index is 5.49. The highest BCUT2D eigenvalue weighted by Gasteiger charge is 2.37. The summed E-state index contributed by atoms with van der Waals surface area (Å²) in [7, 11) is -2.59. The van der Waals surface area contributed by atoms with Gasteiger partial charge < -0.3 is 13.3 Å². The number of hydrogen-bond acceptors (Lipinski definition) is 3. The van der Waals surface area contributed by atoms with Crippen LogP contribution in [0, 0.1) is 0 Å². The van der Waals surface area contributed by atoms with Gasteiger partial charge in [-0.1, -0.05) is 6.58 Å². The van der Waals surface area contributed by atoms with Gasteiger partial charge in [0.1, 0.15) is 0 Å². The molecule has 0 spiro atoms. The Morgan fingerprint density at radius 1 is 1.08 bits per heavy atom. The van der Waals surface area contributed by atoms with Crippen molar-refractivity contribution in [1.82, 2.24) is 0 Å². The summed E-state index contributed by atoms with van der Waals surface area (Å²) in [5.41, 5.74) is 4.36. The molecule has 0 atom stereocenters. The van der Waals surface area contributed by atoms with E-state index in [4.69, 9.17) is 13.3 Å². The van der Waals surface area contributed by atoms with E-state index in [-0.39, 0.29) is 0 Å². The van der Waals surface area contributed by atoms with Gasteiger partial charge in [0.25, 0.3) is 0 Å². The smallest absolute Gasteiger partial charge is 0.370 e. The molecule has 0 rings (SSSR count). The summed E-state index contributed by atoms with van der Waals surface area (Å²) < 4.78 is 16.5. The fourth-order valence-corrected chi connectivity index (χ4v) is 2.94. The molecule has 0 bridgehead atoms. The van der Waals surface area contributed by atoms with Crippen LogP contribution < -0.4 is 0 Å². The summed E-state index contributed by atoms with van der Waals surface area (Å²) in [5.74, 6) is 0. The van der Waals surface area contributed by atoms with Crippen molar-refractivity contribution in [1.29, 1.82) is 0 Å². The Morgan fingerprint density at radius 2 is 1.46 bits per heavy atom. The first-order chi connectivity index (χ1) is 6.24. The third-order valence-electron chi connectivity index (χ3n) is 1.32. The van der Waals surface area contributed by atoms with Crippen LogP contribution in [0.2, 0.25) is 0 Å². The Balaban J connectivity index is 4.46. The molecule has 0 aliphatic heterocycles. The quantitative estimate of drug-likeness (QED) is 0.466. The second-order valence-corrected chi connectivity index (χ2v) is 4.61. The fourth-order valence-electron chi connectivity index (χ4n) is 0.979. The number of hydrogen-bond donors (Lipinski definition) is 0. The van der Waals surface area contributed by atoms with E-state index in [0.29, 0.717) is 19.8 Å². The van der Waals surface area contributed by atoms with E-state index in [2.05, 4.69) is 12.3 Å². The van der Waals surface area contributed by atoms with Crippen LogP contribution in [0.15, 0.2) is 18.0 Å². The lowest BCUT2D eigenvalue weighted by Crippen LogP contribution is -2.44. The summed E-state index contributed by atoms with van der Waals surface area (Å²) in [6.45, 7) is 11.0. The molecule has 0 aliphatic carbocycles. The van der Waals surface area contributed by atoms with Crippen molar-refractivity contribution in [3.05, 3.63) is 18.0 Å². The Bertz CT molecular complexity index is 159. The van der Waals surface area contributed by atoms with Crippen LogP contribution in [0.5, 0.6) is 0 Å². The van der Waals surface area contributed by atoms with Crippen molar-refractivity contribution >= 4 is 8.80 Å². The summed E-state index contributed by atoms with van der Waals surface area (Å²) in [5, 5.41) is 0. The normalized spacial score (nSPS) is 11.0. The topological polar surface area (TPSA) is 27.7 Å². The zero-order chi connectivity index (χ0) is 10.2. The fraction of sp³-hybridized carbons (Fsp3) is 0.667. The summed E-state index contributed by atoms with van der Waals surface area (Å²) in [4.78, 5) is 0. The van der Waals surface area contributed by atoms with Crippen LogP contribution in [0.4, 0.5) is 0 Å². The van der Waals surface area contributed by atoms with Crippen molar-refractivity contribution in [2.75, 3.05) is 19.8 Å². The minimum atomic E-state index is -2.59. The lowest BCUT2D eigenvalue weighted by molar-refractivity contribution is 0.0843. The van der Waals surface area contributed by atoms with Crippen LogP contribution >= 0.6 is 0 Å². The molecule has 3 nitrogen and oxygen atoms in total. The predicted molar refractivity (Wildman–Crippen MR) is 54.3 cm³/mol. The van der Waals surface area contributed by atoms with Gasteiger partial charge in [0, 0.05) is 25.5 Å². The number of rotatable bonds is 7. The molecule has 0 saturated heterocycles. The standard InChI is InChI=1S/C9H18O3Si/c1-5-9-13(10-6-2,11-7-3)12-8-4/h9H,1,6-8H2,2-4H3. The van der Waals surface area contributed by atoms with Gasteiger partial charge in [0.2, 0.25) is 0 Å². The van der Waals surface area contributed by atoms with E-state index in [1.807, 2.05) is 20.8 Å². The van der Waals surface area contributed by atoms with Gasteiger partial charge in [0.15, 0.2) is 0 Å². The lowest BCUT2D eigenvalue weighted by atomic mass is 10.9. The molecule has 0 N–H and O–H groups in total. The highest BCUT2D eigenvalue weighted by molar-refractivity contribution is 6.66. The van der Waals surface area contributed by atoms with Crippen LogP contribution in [0.25, 0.3) is 0 Å². The third kappa shape index (κ3) is 4.41. The zero-order valence-corrected chi connectivity index (χ0v) is 9.63. The molecule has 0 amide bonds. The molecule has 0 radical (unpaired) electrons. The largest absolute Gasteiger partial charge is 0.537 e. The molecule has 0 unspecified atom stereocenters. The Labute approximate surface area is 81.4 Å². The molecule has 0 aromatic carbocycles. The van der Waals surface area contributed by atoms with E-state index in [9.17, 15) is 0 Å². The molecular weight excluding hydrogens is 184 g/mol. The molecule has 0 fully saturated rings. The van der Waals surface area contributed by atoms with Crippen molar-refractivity contribution in [3.8, 4) is 0 Å². The van der Waals surface area contributed by atoms with Gasteiger partial charge >= 0.3 is 8.80 Å². The average molecular weight is 202 g/mol. The molecular formula is C9H18O3Si. The first-order valence-electron chi connectivity index (χ1n) is 4.53. The predicted octanol–water partition coefficient (Wildman–Crippen LogP) is 1.92. The van der Waals surface area contributed by atoms with Crippen molar-refractivity contribution < 1.29 is 13.3 Å². The van der Waals surface area contributed by atoms with Crippen molar-refractivity contribution in [2.45, 2.75) is 20.8 Å². The van der Waals surface area contributed by atoms with Gasteiger partial charge in [-0.2, -0.15) is 0 Å². The monoisotopic (exact) mass is 202 g/mol. The Kier molecular flexibility index (Phi) is 6.85. The minimum Gasteiger partial charge on any atom is -0.370 e. The van der Waals surface area contributed by atoms with Gasteiger partial charge in [-0.05, 0) is 20.8 Å². The molecule has 0 aromatic heterocycles. The molecule has 76 valence electrons. The molecule has 0 heterocycles. The maximum atomic E-state index is 5.49. The van der Waals surface area contributed by atoms with E-state index in [1.54, 1.807) is 5.70 Å². The van der Waals surface area contributed by atoms with Gasteiger partial charge in [-0.25, -0.2) is 0 Å². The molecule has 0 saturated carbocycles. The maximum Gasteiger partial charge on any atom is 0.537 e. The first-order valence-corrected chi connectivity index (χ1v) is 6.33. The lowest BCUT2D eigenvalue weighted by Gasteiger charge is -2.24. The van der Waals surface area contributed by atoms with Crippen LogP contribution in [0.1, 0.15) is 20.8 Å². The van der Waals surface area contributed by atoms with Gasteiger partial charge in [0.05, 0.1) is 0 Å². The van der Waals surface area contributed by atoms with Crippen molar-refractivity contribution in [3.63, 3.8) is 0 Å². The first kappa shape index (κ1) is 12.6. The molecule has 4 heteroatoms. The van der Waals surface area contributed by atoms with E-state index < -0.39 is 8.80 Å². The highest BCUT2D eigenvalue weighted by Crippen LogP contribution is 2.10. The van der Waals surface area contributed by atoms with Crippen molar-refractivity contribution in [2.24, 2.45) is 0 Å². The Morgan fingerprint density at radius 3 is 1.69 bits per heavy atom. The average Bonchev–Trinajstić information content (AvgIpc) is 2.06. The zero-order valence-electron chi connectivity index (χ0n) is 8.63. The van der Waals surface area contributed by atoms with Gasteiger partial charge in [-0.15, -0.1) is 5.73 Å². The second-order valence-electron chi connectivity index (χ2n) is 2.25. The van der Waals surface area contributed by atoms with Crippen LogP contribution in [-0.4, -0.2) is 28.6 Å². The Hall–Kier alpha value is -0.383. The molecule has 13 heavy (non-hydrogen) atoms. The van der Waals surface area contributed by atoms with E-state index >= 15 is 0 Å². The summed E-state index contributed by atoms with van der Waals surface area (Å²) in [6, 6.07) is 0. The SMILES string of the molecule is C=C=C[Si](OCC)(OCC)OCC. The second kappa shape index (κ2) is 7.06. The third-order valence-corrected chi connectivity index (χ3v) is 3.95. The molecule has 0 aromatic rings. The van der Waals surface area contributed by atoms with Crippen LogP contribution in [0.3, 0.4) is 0 Å². The van der Waals surface area contributed by atoms with E-state index in [1.165, 1.54) is 0 Å². The summed E-state index contributed by atoms with van der Waals surface area (Å²) in [6.07, 6.45) is 0. The highest BCUT2D eigenvalue weighted by atomic mass is 28.4. The minimum absolute atomic E-state index is 0.574. The summed E-state index contributed by atoms with van der Waals surface area (Å²) >= 11 is 0. The van der Waals surface area contributed by atoms with Gasteiger partial charge in [-0.3, -0.25) is 0 Å². The van der Waals surface area contributed by atoms with E-state index in [0.717, 1.165) is 0 Å². The van der Waals surface area contributed by atoms with Crippen LogP contribution in [-0.2, 0) is 13.3 Å².